The molecule has 78 valence electrons. The number of hydrogen-bond donors (Lipinski definition) is 2. The lowest BCUT2D eigenvalue weighted by molar-refractivity contribution is 0.170. The lowest BCUT2D eigenvalue weighted by Crippen LogP contribution is -2.01. The Labute approximate surface area is 97.8 Å². The molecule has 1 aromatic rings. The van der Waals surface area contributed by atoms with Gasteiger partial charge in [0.05, 0.1) is 13.2 Å². The number of halogens is 1. The van der Waals surface area contributed by atoms with Crippen LogP contribution in [0.3, 0.4) is 0 Å². The molecule has 0 heterocycles. The van der Waals surface area contributed by atoms with Gasteiger partial charge in [-0.15, -0.1) is 0 Å². The molecule has 0 radical (unpaired) electrons. The van der Waals surface area contributed by atoms with Gasteiger partial charge in [0, 0.05) is 10.0 Å². The van der Waals surface area contributed by atoms with E-state index in [0.717, 1.165) is 10.0 Å². The monoisotopic (exact) mass is 276 g/mol. The molecule has 2 nitrogen and oxygen atoms in total. The van der Waals surface area contributed by atoms with Gasteiger partial charge in [-0.25, -0.2) is 0 Å². The predicted octanol–water partition coefficient (Wildman–Crippen LogP) is 2.81. The van der Waals surface area contributed by atoms with Gasteiger partial charge in [-0.05, 0) is 30.4 Å². The highest BCUT2D eigenvalue weighted by Gasteiger charge is 2.12. The van der Waals surface area contributed by atoms with Gasteiger partial charge >= 0.3 is 0 Å². The number of rotatable bonds is 4. The molecule has 0 spiro atoms. The summed E-state index contributed by atoms with van der Waals surface area (Å²) in [6.45, 7) is 0. The van der Waals surface area contributed by atoms with E-state index in [9.17, 15) is 5.11 Å². The summed E-state index contributed by atoms with van der Waals surface area (Å²) in [6.07, 6.45) is 0.107. The Bertz CT molecular complexity index is 304. The lowest BCUT2D eigenvalue weighted by Gasteiger charge is -2.14. The number of ether oxygens (including phenoxy) is 1. The van der Waals surface area contributed by atoms with E-state index in [1.165, 1.54) is 0 Å². The van der Waals surface area contributed by atoms with Crippen molar-refractivity contribution in [3.63, 3.8) is 0 Å². The summed E-state index contributed by atoms with van der Waals surface area (Å²) in [5.74, 6) is 1.36. The minimum absolute atomic E-state index is 0.514. The molecule has 0 aliphatic rings. The lowest BCUT2D eigenvalue weighted by atomic mass is 10.1. The molecule has 0 saturated carbocycles. The summed E-state index contributed by atoms with van der Waals surface area (Å²) < 4.78 is 6.10. The smallest absolute Gasteiger partial charge is 0.124 e. The summed E-state index contributed by atoms with van der Waals surface area (Å²) in [5, 5.41) is 9.81. The third-order valence-electron chi connectivity index (χ3n) is 1.95. The van der Waals surface area contributed by atoms with Crippen molar-refractivity contribution in [1.29, 1.82) is 0 Å². The molecule has 1 N–H and O–H groups in total. The zero-order valence-electron chi connectivity index (χ0n) is 7.90. The van der Waals surface area contributed by atoms with E-state index in [1.807, 2.05) is 18.2 Å². The van der Waals surface area contributed by atoms with Gasteiger partial charge in [-0.3, -0.25) is 0 Å². The SMILES string of the molecule is COc1ccc(Br)cc1C(O)CCS. The van der Waals surface area contributed by atoms with Gasteiger partial charge in [0.2, 0.25) is 0 Å². The van der Waals surface area contributed by atoms with Crippen molar-refractivity contribution in [2.45, 2.75) is 12.5 Å². The Balaban J connectivity index is 2.97. The van der Waals surface area contributed by atoms with E-state index in [2.05, 4.69) is 28.6 Å². The van der Waals surface area contributed by atoms with Crippen molar-refractivity contribution in [3.8, 4) is 5.75 Å². The van der Waals surface area contributed by atoms with Gasteiger partial charge in [0.15, 0.2) is 0 Å². The van der Waals surface area contributed by atoms with E-state index in [-0.39, 0.29) is 0 Å². The molecule has 0 aliphatic carbocycles. The highest BCUT2D eigenvalue weighted by Crippen LogP contribution is 2.30. The molecule has 1 aromatic carbocycles. The third kappa shape index (κ3) is 2.90. The number of methoxy groups -OCH3 is 1. The zero-order valence-corrected chi connectivity index (χ0v) is 10.4. The highest BCUT2D eigenvalue weighted by molar-refractivity contribution is 9.10. The molecule has 0 fully saturated rings. The largest absolute Gasteiger partial charge is 0.496 e. The van der Waals surface area contributed by atoms with E-state index >= 15 is 0 Å². The van der Waals surface area contributed by atoms with Crippen LogP contribution in [-0.4, -0.2) is 18.0 Å². The van der Waals surface area contributed by atoms with Crippen molar-refractivity contribution < 1.29 is 9.84 Å². The number of benzene rings is 1. The van der Waals surface area contributed by atoms with Crippen molar-refractivity contribution in [3.05, 3.63) is 28.2 Å². The molecule has 1 unspecified atom stereocenters. The van der Waals surface area contributed by atoms with Gasteiger partial charge in [-0.2, -0.15) is 12.6 Å². The second kappa shape index (κ2) is 5.63. The normalized spacial score (nSPS) is 12.6. The van der Waals surface area contributed by atoms with Gasteiger partial charge in [0.25, 0.3) is 0 Å². The van der Waals surface area contributed by atoms with Crippen LogP contribution in [-0.2, 0) is 0 Å². The zero-order chi connectivity index (χ0) is 10.6. The molecule has 0 bridgehead atoms. The molecule has 1 atom stereocenters. The van der Waals surface area contributed by atoms with E-state index in [0.29, 0.717) is 17.9 Å². The van der Waals surface area contributed by atoms with Gasteiger partial charge in [-0.1, -0.05) is 15.9 Å². The van der Waals surface area contributed by atoms with Crippen LogP contribution in [0.4, 0.5) is 0 Å². The fraction of sp³-hybridized carbons (Fsp3) is 0.400. The van der Waals surface area contributed by atoms with Crippen LogP contribution in [0.2, 0.25) is 0 Å². The Morgan fingerprint density at radius 1 is 1.57 bits per heavy atom. The summed E-state index contributed by atoms with van der Waals surface area (Å²) in [5.41, 5.74) is 0.802. The number of hydrogen-bond acceptors (Lipinski definition) is 3. The molecule has 1 rings (SSSR count). The van der Waals surface area contributed by atoms with E-state index < -0.39 is 6.10 Å². The Morgan fingerprint density at radius 3 is 2.86 bits per heavy atom. The average Bonchev–Trinajstić information content (AvgIpc) is 2.18. The Kier molecular flexibility index (Phi) is 4.78. The minimum atomic E-state index is -0.514. The van der Waals surface area contributed by atoms with Crippen LogP contribution >= 0.6 is 28.6 Å². The fourth-order valence-corrected chi connectivity index (χ4v) is 1.87. The first kappa shape index (κ1) is 11.9. The molecular weight excluding hydrogens is 264 g/mol. The topological polar surface area (TPSA) is 29.5 Å². The Hall–Kier alpha value is -0.190. The number of thiol groups is 1. The average molecular weight is 277 g/mol. The third-order valence-corrected chi connectivity index (χ3v) is 2.70. The quantitative estimate of drug-likeness (QED) is 0.829. The minimum Gasteiger partial charge on any atom is -0.496 e. The molecule has 0 saturated heterocycles. The first-order valence-electron chi connectivity index (χ1n) is 4.31. The van der Waals surface area contributed by atoms with Crippen LogP contribution < -0.4 is 4.74 Å². The fourth-order valence-electron chi connectivity index (χ4n) is 1.24. The van der Waals surface area contributed by atoms with E-state index in [1.54, 1.807) is 7.11 Å². The molecular formula is C10H13BrO2S. The van der Waals surface area contributed by atoms with Crippen molar-refractivity contribution >= 4 is 28.6 Å². The van der Waals surface area contributed by atoms with Crippen LogP contribution in [0.25, 0.3) is 0 Å². The van der Waals surface area contributed by atoms with Crippen molar-refractivity contribution in [2.75, 3.05) is 12.9 Å². The number of aliphatic hydroxyl groups excluding tert-OH is 1. The maximum Gasteiger partial charge on any atom is 0.124 e. The van der Waals surface area contributed by atoms with Crippen LogP contribution in [0.1, 0.15) is 18.1 Å². The first-order chi connectivity index (χ1) is 6.69. The predicted molar refractivity (Wildman–Crippen MR) is 64.1 cm³/mol. The summed E-state index contributed by atoms with van der Waals surface area (Å²) >= 11 is 7.45. The molecule has 0 aliphatic heterocycles. The summed E-state index contributed by atoms with van der Waals surface area (Å²) in [4.78, 5) is 0. The highest BCUT2D eigenvalue weighted by atomic mass is 79.9. The van der Waals surface area contributed by atoms with Gasteiger partial charge < -0.3 is 9.84 Å². The van der Waals surface area contributed by atoms with Crippen LogP contribution in [0, 0.1) is 0 Å². The van der Waals surface area contributed by atoms with E-state index in [4.69, 9.17) is 4.74 Å². The maximum absolute atomic E-state index is 9.81. The standard InChI is InChI=1S/C10H13BrO2S/c1-13-10-3-2-7(11)6-8(10)9(12)4-5-14/h2-3,6,9,12,14H,4-5H2,1H3. The summed E-state index contributed by atoms with van der Waals surface area (Å²) in [7, 11) is 1.60. The Morgan fingerprint density at radius 2 is 2.29 bits per heavy atom. The molecule has 4 heteroatoms. The first-order valence-corrected chi connectivity index (χ1v) is 5.74. The number of aliphatic hydroxyl groups is 1. The van der Waals surface area contributed by atoms with Crippen molar-refractivity contribution in [1.82, 2.24) is 0 Å². The van der Waals surface area contributed by atoms with Crippen LogP contribution in [0.15, 0.2) is 22.7 Å². The molecule has 14 heavy (non-hydrogen) atoms. The van der Waals surface area contributed by atoms with Crippen molar-refractivity contribution in [2.24, 2.45) is 0 Å². The summed E-state index contributed by atoms with van der Waals surface area (Å²) in [6, 6.07) is 5.59. The second-order valence-electron chi connectivity index (χ2n) is 2.91. The maximum atomic E-state index is 9.81. The van der Waals surface area contributed by atoms with Crippen LogP contribution in [0.5, 0.6) is 5.75 Å². The second-order valence-corrected chi connectivity index (χ2v) is 4.28. The van der Waals surface area contributed by atoms with Gasteiger partial charge in [0.1, 0.15) is 5.75 Å². The molecule has 0 aromatic heterocycles. The molecule has 0 amide bonds.